The number of nitrogens with one attached hydrogen (secondary N) is 1. The van der Waals surface area contributed by atoms with Crippen LogP contribution in [0.2, 0.25) is 0 Å². The summed E-state index contributed by atoms with van der Waals surface area (Å²) >= 11 is 1.34. The van der Waals surface area contributed by atoms with Gasteiger partial charge in [-0.3, -0.25) is 0 Å². The largest absolute Gasteiger partial charge is 0.494 e. The van der Waals surface area contributed by atoms with Gasteiger partial charge in [-0.2, -0.15) is 4.98 Å². The first-order valence-corrected chi connectivity index (χ1v) is 13.7. The molecule has 0 fully saturated rings. The molecule has 1 aromatic heterocycles. The van der Waals surface area contributed by atoms with Crippen LogP contribution in [0, 0.1) is 5.82 Å². The molecule has 0 saturated carbocycles. The van der Waals surface area contributed by atoms with E-state index in [0.29, 0.717) is 46.9 Å². The van der Waals surface area contributed by atoms with Gasteiger partial charge in [0.2, 0.25) is 11.1 Å². The molecule has 1 unspecified atom stereocenters. The number of anilines is 1. The smallest absolute Gasteiger partial charge is 0.338 e. The van der Waals surface area contributed by atoms with Crippen LogP contribution in [0.5, 0.6) is 5.75 Å². The molecule has 0 bridgehead atoms. The van der Waals surface area contributed by atoms with E-state index in [1.165, 1.54) is 17.8 Å². The fraction of sp³-hybridized carbons (Fsp3) is 0.393. The van der Waals surface area contributed by atoms with Crippen LogP contribution in [0.15, 0.2) is 65.0 Å². The monoisotopic (exact) mass is 524 g/mol. The topological polar surface area (TPSA) is 78.3 Å². The van der Waals surface area contributed by atoms with Gasteiger partial charge in [0.15, 0.2) is 0 Å². The number of ether oxygens (including phenoxy) is 2. The van der Waals surface area contributed by atoms with Crippen LogP contribution in [0.3, 0.4) is 0 Å². The van der Waals surface area contributed by atoms with Gasteiger partial charge < -0.3 is 14.8 Å². The number of benzene rings is 2. The SMILES string of the molecule is CCCCOC(=O)C1=C(C)Nc2nc(SCc3ccccc3F)nn2C1c1cccc(OCCCC)c1. The Labute approximate surface area is 221 Å². The molecule has 0 amide bonds. The Kier molecular flexibility index (Phi) is 9.22. The number of hydrogen-bond acceptors (Lipinski definition) is 7. The summed E-state index contributed by atoms with van der Waals surface area (Å²) in [6.07, 6.45) is 3.73. The van der Waals surface area contributed by atoms with E-state index >= 15 is 0 Å². The predicted molar refractivity (Wildman–Crippen MR) is 143 cm³/mol. The summed E-state index contributed by atoms with van der Waals surface area (Å²) in [5.41, 5.74) is 2.56. The highest BCUT2D eigenvalue weighted by molar-refractivity contribution is 7.98. The summed E-state index contributed by atoms with van der Waals surface area (Å²) in [7, 11) is 0. The number of aromatic nitrogens is 3. The summed E-state index contributed by atoms with van der Waals surface area (Å²) in [6, 6.07) is 13.8. The molecule has 7 nitrogen and oxygen atoms in total. The molecule has 1 N–H and O–H groups in total. The van der Waals surface area contributed by atoms with E-state index in [2.05, 4.69) is 24.1 Å². The average Bonchev–Trinajstić information content (AvgIpc) is 3.30. The van der Waals surface area contributed by atoms with E-state index in [9.17, 15) is 9.18 Å². The van der Waals surface area contributed by atoms with Gasteiger partial charge in [0.05, 0.1) is 18.8 Å². The maximum Gasteiger partial charge on any atom is 0.338 e. The highest BCUT2D eigenvalue weighted by Crippen LogP contribution is 2.38. The van der Waals surface area contributed by atoms with Crippen molar-refractivity contribution in [3.8, 4) is 5.75 Å². The molecule has 2 heterocycles. The van der Waals surface area contributed by atoms with Crippen LogP contribution in [-0.4, -0.2) is 33.9 Å². The molecule has 0 aliphatic carbocycles. The molecule has 1 atom stereocenters. The van der Waals surface area contributed by atoms with Crippen molar-refractivity contribution >= 4 is 23.7 Å². The number of hydrogen-bond donors (Lipinski definition) is 1. The molecule has 0 spiro atoms. The van der Waals surface area contributed by atoms with Crippen molar-refractivity contribution in [3.05, 3.63) is 76.7 Å². The quantitative estimate of drug-likeness (QED) is 0.164. The number of carbonyl (C=O) groups excluding carboxylic acids is 1. The first kappa shape index (κ1) is 26.7. The van der Waals surface area contributed by atoms with Gasteiger partial charge in [0, 0.05) is 11.4 Å². The van der Waals surface area contributed by atoms with Gasteiger partial charge in [-0.25, -0.2) is 13.9 Å². The van der Waals surface area contributed by atoms with Gasteiger partial charge in [-0.1, -0.05) is 68.8 Å². The molecule has 9 heteroatoms. The van der Waals surface area contributed by atoms with E-state index in [4.69, 9.17) is 14.6 Å². The molecule has 196 valence electrons. The maximum absolute atomic E-state index is 14.1. The molecule has 2 aromatic carbocycles. The minimum atomic E-state index is -0.546. The molecule has 4 rings (SSSR count). The van der Waals surface area contributed by atoms with Gasteiger partial charge in [0.1, 0.15) is 17.6 Å². The number of rotatable bonds is 12. The highest BCUT2D eigenvalue weighted by Gasteiger charge is 2.35. The third-order valence-corrected chi connectivity index (χ3v) is 6.93. The lowest BCUT2D eigenvalue weighted by atomic mass is 9.95. The van der Waals surface area contributed by atoms with Crippen LogP contribution in [0.1, 0.15) is 63.6 Å². The number of carbonyl (C=O) groups is 1. The number of allylic oxidation sites excluding steroid dienone is 1. The Morgan fingerprint density at radius 2 is 1.89 bits per heavy atom. The highest BCUT2D eigenvalue weighted by atomic mass is 32.2. The van der Waals surface area contributed by atoms with Gasteiger partial charge >= 0.3 is 5.97 Å². The van der Waals surface area contributed by atoms with Crippen molar-refractivity contribution in [1.29, 1.82) is 0 Å². The second-order valence-electron chi connectivity index (χ2n) is 8.87. The second-order valence-corrected chi connectivity index (χ2v) is 9.82. The molecule has 1 aliphatic heterocycles. The molecular formula is C28H33FN4O3S. The molecule has 0 radical (unpaired) electrons. The Morgan fingerprint density at radius 1 is 1.11 bits per heavy atom. The number of esters is 1. The van der Waals surface area contributed by atoms with Crippen LogP contribution >= 0.6 is 11.8 Å². The van der Waals surface area contributed by atoms with Crippen LogP contribution in [0.4, 0.5) is 10.3 Å². The molecule has 37 heavy (non-hydrogen) atoms. The number of halogens is 1. The summed E-state index contributed by atoms with van der Waals surface area (Å²) in [6.45, 7) is 6.99. The Bertz CT molecular complexity index is 1260. The van der Waals surface area contributed by atoms with Crippen LogP contribution in [0.25, 0.3) is 0 Å². The van der Waals surface area contributed by atoms with Crippen molar-refractivity contribution in [2.24, 2.45) is 0 Å². The molecule has 0 saturated heterocycles. The van der Waals surface area contributed by atoms with Crippen LogP contribution < -0.4 is 10.1 Å². The molecular weight excluding hydrogens is 491 g/mol. The van der Waals surface area contributed by atoms with Crippen molar-refractivity contribution in [3.63, 3.8) is 0 Å². The van der Waals surface area contributed by atoms with Crippen molar-refractivity contribution in [2.75, 3.05) is 18.5 Å². The predicted octanol–water partition coefficient (Wildman–Crippen LogP) is 6.52. The zero-order valence-corrected chi connectivity index (χ0v) is 22.3. The summed E-state index contributed by atoms with van der Waals surface area (Å²) in [5, 5.41) is 8.43. The van der Waals surface area contributed by atoms with Gasteiger partial charge in [0.25, 0.3) is 0 Å². The Morgan fingerprint density at radius 3 is 2.68 bits per heavy atom. The van der Waals surface area contributed by atoms with Crippen molar-refractivity contribution in [2.45, 2.75) is 63.4 Å². The third kappa shape index (κ3) is 6.52. The maximum atomic E-state index is 14.1. The first-order chi connectivity index (χ1) is 18.0. The fourth-order valence-corrected chi connectivity index (χ4v) is 4.83. The molecule has 3 aromatic rings. The van der Waals surface area contributed by atoms with Crippen LogP contribution in [-0.2, 0) is 15.3 Å². The summed E-state index contributed by atoms with van der Waals surface area (Å²) in [4.78, 5) is 17.9. The Hall–Kier alpha value is -3.33. The summed E-state index contributed by atoms with van der Waals surface area (Å²) in [5.74, 6) is 0.990. The normalized spacial score (nSPS) is 14.8. The Balaban J connectivity index is 1.66. The minimum absolute atomic E-state index is 0.260. The zero-order chi connectivity index (χ0) is 26.2. The standard InChI is InChI=1S/C28H33FN4O3S/c1-4-6-15-35-22-13-10-12-20(17-22)25-24(26(34)36-16-7-5-2)19(3)30-27-31-28(32-33(25)27)37-18-21-11-8-9-14-23(21)29/h8-14,17,25H,4-7,15-16,18H2,1-3H3,(H,30,31,32). The van der Waals surface area contributed by atoms with E-state index < -0.39 is 6.04 Å². The van der Waals surface area contributed by atoms with Gasteiger partial charge in [-0.15, -0.1) is 5.10 Å². The van der Waals surface area contributed by atoms with E-state index in [1.54, 1.807) is 16.8 Å². The number of thioether (sulfide) groups is 1. The number of unbranched alkanes of at least 4 members (excludes halogenated alkanes) is 2. The van der Waals surface area contributed by atoms with E-state index in [1.807, 2.05) is 37.3 Å². The van der Waals surface area contributed by atoms with Crippen molar-refractivity contribution in [1.82, 2.24) is 14.8 Å². The third-order valence-electron chi connectivity index (χ3n) is 6.04. The van der Waals surface area contributed by atoms with Gasteiger partial charge in [-0.05, 0) is 49.1 Å². The lowest BCUT2D eigenvalue weighted by Gasteiger charge is -2.28. The molecule has 1 aliphatic rings. The lowest BCUT2D eigenvalue weighted by molar-refractivity contribution is -0.139. The number of nitrogens with zero attached hydrogens (tertiary/aromatic N) is 3. The minimum Gasteiger partial charge on any atom is -0.494 e. The fourth-order valence-electron chi connectivity index (χ4n) is 4.02. The summed E-state index contributed by atoms with van der Waals surface area (Å²) < 4.78 is 27.4. The first-order valence-electron chi connectivity index (χ1n) is 12.7. The average molecular weight is 525 g/mol. The lowest BCUT2D eigenvalue weighted by Crippen LogP contribution is -2.29. The van der Waals surface area contributed by atoms with E-state index in [0.717, 1.165) is 37.0 Å². The zero-order valence-electron chi connectivity index (χ0n) is 21.5. The number of fused-ring (bicyclic) bond motifs is 1. The second kappa shape index (κ2) is 12.8. The van der Waals surface area contributed by atoms with Crippen molar-refractivity contribution < 1.29 is 18.7 Å². The van der Waals surface area contributed by atoms with E-state index in [-0.39, 0.29) is 11.8 Å².